The van der Waals surface area contributed by atoms with Gasteiger partial charge >= 0.3 is 0 Å². The lowest BCUT2D eigenvalue weighted by Crippen LogP contribution is -2.30. The zero-order chi connectivity index (χ0) is 14.7. The van der Waals surface area contributed by atoms with Crippen LogP contribution in [-0.4, -0.2) is 4.98 Å². The van der Waals surface area contributed by atoms with Gasteiger partial charge in [-0.2, -0.15) is 0 Å². The Labute approximate surface area is 128 Å². The topological polar surface area (TPSA) is 50.9 Å². The highest BCUT2D eigenvalue weighted by atomic mass is 35.5. The number of rotatable bonds is 4. The van der Waals surface area contributed by atoms with Crippen molar-refractivity contribution in [3.05, 3.63) is 77.1 Å². The summed E-state index contributed by atoms with van der Waals surface area (Å²) < 4.78 is 0. The van der Waals surface area contributed by atoms with Crippen LogP contribution in [0.15, 0.2) is 60.8 Å². The van der Waals surface area contributed by atoms with Crippen LogP contribution in [0.4, 0.5) is 0 Å². The van der Waals surface area contributed by atoms with E-state index in [0.29, 0.717) is 6.42 Å². The summed E-state index contributed by atoms with van der Waals surface area (Å²) >= 11 is 6.24. The van der Waals surface area contributed by atoms with Crippen molar-refractivity contribution in [2.75, 3.05) is 0 Å². The minimum atomic E-state index is -0.0870. The van der Waals surface area contributed by atoms with Crippen LogP contribution in [-0.2, 0) is 6.42 Å². The van der Waals surface area contributed by atoms with Gasteiger partial charge in [-0.25, -0.2) is 0 Å². The summed E-state index contributed by atoms with van der Waals surface area (Å²) in [6.07, 6.45) is 2.51. The largest absolute Gasteiger partial charge is 0.271 e. The van der Waals surface area contributed by atoms with E-state index in [4.69, 9.17) is 17.4 Å². The molecule has 0 fully saturated rings. The molecule has 0 bridgehead atoms. The number of benzene rings is 2. The predicted molar refractivity (Wildman–Crippen MR) is 87.0 cm³/mol. The Balaban J connectivity index is 2.01. The van der Waals surface area contributed by atoms with Crippen molar-refractivity contribution in [3.8, 4) is 0 Å². The monoisotopic (exact) mass is 297 g/mol. The molecule has 1 atom stereocenters. The van der Waals surface area contributed by atoms with E-state index in [9.17, 15) is 0 Å². The third-order valence-corrected chi connectivity index (χ3v) is 3.99. The number of nitrogens with one attached hydrogen (secondary N) is 1. The molecule has 1 heterocycles. The van der Waals surface area contributed by atoms with Crippen LogP contribution in [0, 0.1) is 0 Å². The van der Waals surface area contributed by atoms with Crippen molar-refractivity contribution in [2.45, 2.75) is 12.5 Å². The molecular formula is C17H16ClN3. The first-order valence-electron chi connectivity index (χ1n) is 6.83. The van der Waals surface area contributed by atoms with Gasteiger partial charge in [-0.05, 0) is 29.5 Å². The normalized spacial score (nSPS) is 12.5. The molecule has 1 aromatic heterocycles. The van der Waals surface area contributed by atoms with Crippen LogP contribution in [0.25, 0.3) is 10.8 Å². The van der Waals surface area contributed by atoms with Gasteiger partial charge in [-0.15, -0.1) is 0 Å². The second kappa shape index (κ2) is 6.22. The van der Waals surface area contributed by atoms with E-state index < -0.39 is 0 Å². The summed E-state index contributed by atoms with van der Waals surface area (Å²) in [5.41, 5.74) is 4.86. The number of aromatic nitrogens is 1. The van der Waals surface area contributed by atoms with Gasteiger partial charge in [0.15, 0.2) is 0 Å². The van der Waals surface area contributed by atoms with Gasteiger partial charge in [-0.1, -0.05) is 54.1 Å². The molecule has 3 rings (SSSR count). The molecule has 2 aromatic carbocycles. The third-order valence-electron chi connectivity index (χ3n) is 3.62. The SMILES string of the molecule is NNC(Cc1ccccc1Cl)c1nccc2ccccc12. The molecule has 3 N–H and O–H groups in total. The van der Waals surface area contributed by atoms with Crippen LogP contribution in [0.1, 0.15) is 17.3 Å². The number of fused-ring (bicyclic) bond motifs is 1. The Bertz CT molecular complexity index is 752. The summed E-state index contributed by atoms with van der Waals surface area (Å²) in [7, 11) is 0. The molecule has 21 heavy (non-hydrogen) atoms. The Morgan fingerprint density at radius 1 is 1.05 bits per heavy atom. The lowest BCUT2D eigenvalue weighted by atomic mass is 9.99. The minimum Gasteiger partial charge on any atom is -0.271 e. The quantitative estimate of drug-likeness (QED) is 0.571. The first-order chi connectivity index (χ1) is 10.3. The average molecular weight is 298 g/mol. The highest BCUT2D eigenvalue weighted by Crippen LogP contribution is 2.26. The number of nitrogens with two attached hydrogens (primary N) is 1. The minimum absolute atomic E-state index is 0.0870. The van der Waals surface area contributed by atoms with Crippen LogP contribution in [0.5, 0.6) is 0 Å². The number of pyridine rings is 1. The maximum atomic E-state index is 6.24. The Morgan fingerprint density at radius 2 is 1.81 bits per heavy atom. The fraction of sp³-hybridized carbons (Fsp3) is 0.118. The summed E-state index contributed by atoms with van der Waals surface area (Å²) in [6.45, 7) is 0. The fourth-order valence-electron chi connectivity index (χ4n) is 2.54. The zero-order valence-corrected chi connectivity index (χ0v) is 12.2. The summed E-state index contributed by atoms with van der Waals surface area (Å²) in [5, 5.41) is 3.01. The van der Waals surface area contributed by atoms with Crippen molar-refractivity contribution in [2.24, 2.45) is 5.84 Å². The molecule has 4 heteroatoms. The predicted octanol–water partition coefficient (Wildman–Crippen LogP) is 3.64. The van der Waals surface area contributed by atoms with Crippen LogP contribution < -0.4 is 11.3 Å². The third kappa shape index (κ3) is 2.90. The number of hydrogen-bond acceptors (Lipinski definition) is 3. The Hall–Kier alpha value is -1.94. The maximum absolute atomic E-state index is 6.24. The molecule has 0 aliphatic heterocycles. The van der Waals surface area contributed by atoms with E-state index >= 15 is 0 Å². The van der Waals surface area contributed by atoms with Crippen molar-refractivity contribution in [1.29, 1.82) is 0 Å². The highest BCUT2D eigenvalue weighted by molar-refractivity contribution is 6.31. The summed E-state index contributed by atoms with van der Waals surface area (Å²) in [6, 6.07) is 17.9. The standard InChI is InChI=1S/C17H16ClN3/c18-15-8-4-2-6-13(15)11-16(21-19)17-14-7-3-1-5-12(14)9-10-20-17/h1-10,16,21H,11,19H2. The lowest BCUT2D eigenvalue weighted by Gasteiger charge is -2.18. The second-order valence-electron chi connectivity index (χ2n) is 4.93. The van der Waals surface area contributed by atoms with Crippen LogP contribution in [0.3, 0.4) is 0 Å². The summed E-state index contributed by atoms with van der Waals surface area (Å²) in [5.74, 6) is 5.76. The number of hydrogen-bond donors (Lipinski definition) is 2. The van der Waals surface area contributed by atoms with Gasteiger partial charge in [0, 0.05) is 16.6 Å². The number of hydrazine groups is 1. The van der Waals surface area contributed by atoms with Crippen LogP contribution in [0.2, 0.25) is 5.02 Å². The van der Waals surface area contributed by atoms with E-state index in [1.807, 2.05) is 48.7 Å². The molecule has 0 radical (unpaired) electrons. The zero-order valence-electron chi connectivity index (χ0n) is 11.5. The molecule has 0 aliphatic rings. The molecule has 0 saturated heterocycles. The first kappa shape index (κ1) is 14.0. The molecule has 3 nitrogen and oxygen atoms in total. The lowest BCUT2D eigenvalue weighted by molar-refractivity contribution is 0.543. The maximum Gasteiger partial charge on any atom is 0.0679 e. The second-order valence-corrected chi connectivity index (χ2v) is 5.34. The van der Waals surface area contributed by atoms with Crippen molar-refractivity contribution in [1.82, 2.24) is 10.4 Å². The molecule has 0 aliphatic carbocycles. The Kier molecular flexibility index (Phi) is 4.15. The molecule has 0 spiro atoms. The molecule has 3 aromatic rings. The smallest absolute Gasteiger partial charge is 0.0679 e. The van der Waals surface area contributed by atoms with Gasteiger partial charge in [0.2, 0.25) is 0 Å². The van der Waals surface area contributed by atoms with E-state index in [1.165, 1.54) is 0 Å². The van der Waals surface area contributed by atoms with E-state index in [1.54, 1.807) is 0 Å². The molecule has 1 unspecified atom stereocenters. The fourth-order valence-corrected chi connectivity index (χ4v) is 2.75. The van der Waals surface area contributed by atoms with Gasteiger partial charge in [-0.3, -0.25) is 16.3 Å². The van der Waals surface area contributed by atoms with Gasteiger partial charge in [0.05, 0.1) is 11.7 Å². The molecule has 0 saturated carbocycles. The van der Waals surface area contributed by atoms with E-state index in [2.05, 4.69) is 22.5 Å². The Morgan fingerprint density at radius 3 is 2.62 bits per heavy atom. The molecular weight excluding hydrogens is 282 g/mol. The van der Waals surface area contributed by atoms with Crippen molar-refractivity contribution >= 4 is 22.4 Å². The average Bonchev–Trinajstić information content (AvgIpc) is 2.54. The van der Waals surface area contributed by atoms with Crippen LogP contribution >= 0.6 is 11.6 Å². The molecule has 106 valence electrons. The van der Waals surface area contributed by atoms with Crippen molar-refractivity contribution < 1.29 is 0 Å². The van der Waals surface area contributed by atoms with E-state index in [0.717, 1.165) is 27.1 Å². The number of halogens is 1. The number of nitrogens with zero attached hydrogens (tertiary/aromatic N) is 1. The first-order valence-corrected chi connectivity index (χ1v) is 7.20. The highest BCUT2D eigenvalue weighted by Gasteiger charge is 2.16. The van der Waals surface area contributed by atoms with Crippen molar-refractivity contribution in [3.63, 3.8) is 0 Å². The van der Waals surface area contributed by atoms with Gasteiger partial charge in [0.1, 0.15) is 0 Å². The van der Waals surface area contributed by atoms with Gasteiger partial charge < -0.3 is 0 Å². The molecule has 0 amide bonds. The van der Waals surface area contributed by atoms with Gasteiger partial charge in [0.25, 0.3) is 0 Å². The van der Waals surface area contributed by atoms with E-state index in [-0.39, 0.29) is 6.04 Å². The summed E-state index contributed by atoms with van der Waals surface area (Å²) in [4.78, 5) is 4.52.